The van der Waals surface area contributed by atoms with E-state index >= 15 is 0 Å². The molecule has 0 aromatic carbocycles. The molecule has 3 N–H and O–H groups in total. The number of esters is 1. The SMILES string of the molecule is CO[C@@H]1[C@H](O)[C@@H](C)O[C@@H](OC[C@H]2/C=C(C)/C=C/C(=O)[C@H](C)CC3CCOC/C(=N\OCc4ccc(-c5ccccn5)s4)CO[C@H](CC(=O)OC2)[C@H](C)[C@H]3O[C@@H]2O[C@H](C)[C@@H](O)[C@H](N(C)C)[C@H]2O)[C@@H]1OC. The number of ether oxygens (including phenoxy) is 9. The number of ketones is 1. The first-order chi connectivity index (χ1) is 33.1. The number of allylic oxidation sites excluding steroid dienone is 3. The highest BCUT2D eigenvalue weighted by atomic mass is 32.1. The van der Waals surface area contributed by atoms with Crippen LogP contribution >= 0.6 is 11.3 Å². The Morgan fingerprint density at radius 1 is 0.899 bits per heavy atom. The molecule has 3 saturated heterocycles. The van der Waals surface area contributed by atoms with Crippen LogP contribution in [0, 0.1) is 23.7 Å². The van der Waals surface area contributed by atoms with E-state index in [-0.39, 0.29) is 57.8 Å². The molecule has 16 atom stereocenters. The molecule has 6 rings (SSSR count). The van der Waals surface area contributed by atoms with E-state index in [2.05, 4.69) is 10.1 Å². The fraction of sp³-hybridized carbons (Fsp3) is 0.680. The average molecular weight is 988 g/mol. The Morgan fingerprint density at radius 3 is 2.38 bits per heavy atom. The number of cyclic esters (lactones) is 1. The molecule has 19 heteroatoms. The lowest BCUT2D eigenvalue weighted by atomic mass is 9.79. The topological polar surface area (TPSA) is 216 Å². The first kappa shape index (κ1) is 54.8. The molecular weight excluding hydrogens is 915 g/mol. The number of pyridine rings is 1. The third kappa shape index (κ3) is 14.8. The molecule has 1 unspecified atom stereocenters. The van der Waals surface area contributed by atoms with E-state index in [0.717, 1.165) is 21.0 Å². The summed E-state index contributed by atoms with van der Waals surface area (Å²) < 4.78 is 55.4. The zero-order valence-corrected chi connectivity index (χ0v) is 42.1. The molecule has 3 fully saturated rings. The zero-order chi connectivity index (χ0) is 49.8. The monoisotopic (exact) mass is 987 g/mol. The van der Waals surface area contributed by atoms with Gasteiger partial charge in [-0.15, -0.1) is 11.3 Å². The maximum atomic E-state index is 14.1. The molecule has 18 nitrogen and oxygen atoms in total. The predicted molar refractivity (Wildman–Crippen MR) is 255 cm³/mol. The van der Waals surface area contributed by atoms with Gasteiger partial charge in [0.15, 0.2) is 25.0 Å². The van der Waals surface area contributed by atoms with Crippen molar-refractivity contribution >= 4 is 28.8 Å². The van der Waals surface area contributed by atoms with Crippen LogP contribution in [0.2, 0.25) is 0 Å². The second-order valence-electron chi connectivity index (χ2n) is 18.8. The highest BCUT2D eigenvalue weighted by Crippen LogP contribution is 2.36. The molecule has 0 amide bonds. The largest absolute Gasteiger partial charge is 0.465 e. The minimum Gasteiger partial charge on any atom is -0.465 e. The molecule has 2 bridgehead atoms. The zero-order valence-electron chi connectivity index (χ0n) is 41.3. The summed E-state index contributed by atoms with van der Waals surface area (Å²) in [4.78, 5) is 42.1. The smallest absolute Gasteiger partial charge is 0.308 e. The van der Waals surface area contributed by atoms with Crippen LogP contribution < -0.4 is 0 Å². The molecule has 4 aliphatic rings. The van der Waals surface area contributed by atoms with E-state index in [1.807, 2.05) is 57.2 Å². The Morgan fingerprint density at radius 2 is 1.65 bits per heavy atom. The van der Waals surface area contributed by atoms with E-state index in [1.54, 1.807) is 62.5 Å². The molecule has 384 valence electrons. The van der Waals surface area contributed by atoms with Crippen LogP contribution in [0.25, 0.3) is 10.6 Å². The Balaban J connectivity index is 1.28. The number of aliphatic hydroxyl groups is 3. The van der Waals surface area contributed by atoms with Gasteiger partial charge in [0.2, 0.25) is 0 Å². The van der Waals surface area contributed by atoms with Crippen LogP contribution in [-0.4, -0.2) is 178 Å². The summed E-state index contributed by atoms with van der Waals surface area (Å²) in [5, 5.41) is 37.9. The maximum Gasteiger partial charge on any atom is 0.308 e. The summed E-state index contributed by atoms with van der Waals surface area (Å²) in [5.74, 6) is -2.57. The van der Waals surface area contributed by atoms with Crippen LogP contribution in [0.15, 0.2) is 65.5 Å². The number of carbonyl (C=O) groups excluding carboxylic acids is 2. The van der Waals surface area contributed by atoms with Crippen molar-refractivity contribution in [3.63, 3.8) is 0 Å². The minimum atomic E-state index is -1.25. The Labute approximate surface area is 409 Å². The third-order valence-electron chi connectivity index (χ3n) is 13.4. The molecule has 2 aromatic rings. The van der Waals surface area contributed by atoms with Gasteiger partial charge in [-0.1, -0.05) is 42.8 Å². The van der Waals surface area contributed by atoms with Gasteiger partial charge >= 0.3 is 5.97 Å². The van der Waals surface area contributed by atoms with E-state index in [1.165, 1.54) is 14.2 Å². The minimum absolute atomic E-state index is 0.0288. The van der Waals surface area contributed by atoms with Crippen molar-refractivity contribution in [2.24, 2.45) is 28.8 Å². The number of hydrogen-bond donors (Lipinski definition) is 3. The molecule has 0 spiro atoms. The number of rotatable bonds is 12. The number of aromatic nitrogens is 1. The fourth-order valence-electron chi connectivity index (χ4n) is 9.39. The number of hydrogen-bond acceptors (Lipinski definition) is 19. The quantitative estimate of drug-likeness (QED) is 0.199. The number of carbonyl (C=O) groups is 2. The summed E-state index contributed by atoms with van der Waals surface area (Å²) >= 11 is 1.55. The lowest BCUT2D eigenvalue weighted by Gasteiger charge is -2.47. The molecule has 6 heterocycles. The highest BCUT2D eigenvalue weighted by molar-refractivity contribution is 7.15. The number of likely N-dealkylation sites (N-methyl/N-ethyl adjacent to an activating group) is 1. The average Bonchev–Trinajstić information content (AvgIpc) is 3.80. The van der Waals surface area contributed by atoms with Gasteiger partial charge in [-0.25, -0.2) is 0 Å². The predicted octanol–water partition coefficient (Wildman–Crippen LogP) is 4.34. The van der Waals surface area contributed by atoms with Gasteiger partial charge in [0.25, 0.3) is 0 Å². The summed E-state index contributed by atoms with van der Waals surface area (Å²) in [6.07, 6.45) is -2.14. The van der Waals surface area contributed by atoms with Gasteiger partial charge in [0.1, 0.15) is 30.1 Å². The van der Waals surface area contributed by atoms with E-state index in [9.17, 15) is 24.9 Å². The second-order valence-corrected chi connectivity index (χ2v) is 20.0. The van der Waals surface area contributed by atoms with Crippen molar-refractivity contribution in [3.8, 4) is 10.6 Å². The summed E-state index contributed by atoms with van der Waals surface area (Å²) in [5.41, 5.74) is 2.06. The highest BCUT2D eigenvalue weighted by Gasteiger charge is 2.48. The number of fused-ring (bicyclic) bond motifs is 3. The van der Waals surface area contributed by atoms with Gasteiger partial charge in [-0.2, -0.15) is 0 Å². The third-order valence-corrected chi connectivity index (χ3v) is 14.4. The molecule has 2 aromatic heterocycles. The van der Waals surface area contributed by atoms with Crippen LogP contribution in [0.1, 0.15) is 58.8 Å². The molecule has 4 aliphatic heterocycles. The van der Waals surface area contributed by atoms with Crippen molar-refractivity contribution < 1.29 is 72.4 Å². The van der Waals surface area contributed by atoms with Crippen molar-refractivity contribution in [3.05, 3.63) is 65.2 Å². The van der Waals surface area contributed by atoms with Gasteiger partial charge in [-0.05, 0) is 84.0 Å². The molecular formula is C50H73N3O15S. The van der Waals surface area contributed by atoms with Gasteiger partial charge in [0.05, 0.1) is 80.0 Å². The fourth-order valence-corrected chi connectivity index (χ4v) is 10.3. The van der Waals surface area contributed by atoms with Gasteiger partial charge < -0.3 is 67.7 Å². The standard InChI is InChI=1S/C50H73N3O15S/c1-28-13-15-38(54)29(2)21-34-17-19-61-25-35(52-65-27-36-14-16-40(69-36)37-12-10-11-18-51-37)26-62-39(30(3)46(34)68-49-45(58)42(53(6)7)43(56)31(4)66-49)22-41(55)63-23-33(20-28)24-64-50-48(60-9)47(59-8)44(57)32(5)67-50/h10-16,18,20,29-34,39,42-50,56-58H,17,19,21-27H2,1-9H3/b15-13+,28-20+,52-35+/t29-,30+,31-,32-,33+,34?,39-,42+,43-,44-,45-,46-,47-,48-,49+,50-/m1/s1. The van der Waals surface area contributed by atoms with E-state index in [0.29, 0.717) is 18.6 Å². The summed E-state index contributed by atoms with van der Waals surface area (Å²) in [6.45, 7) is 9.47. The number of aliphatic hydroxyl groups excluding tert-OH is 3. The summed E-state index contributed by atoms with van der Waals surface area (Å²) in [7, 11) is 6.51. The number of thiophene rings is 1. The van der Waals surface area contributed by atoms with Crippen molar-refractivity contribution in [1.29, 1.82) is 0 Å². The van der Waals surface area contributed by atoms with Crippen molar-refractivity contribution in [2.45, 2.75) is 134 Å². The Hall–Kier alpha value is -3.54. The van der Waals surface area contributed by atoms with Crippen LogP contribution in [0.3, 0.4) is 0 Å². The van der Waals surface area contributed by atoms with Crippen LogP contribution in [0.4, 0.5) is 0 Å². The molecule has 0 radical (unpaired) electrons. The first-order valence-electron chi connectivity index (χ1n) is 23.9. The summed E-state index contributed by atoms with van der Waals surface area (Å²) in [6, 6.07) is 9.01. The molecule has 0 saturated carbocycles. The maximum absolute atomic E-state index is 14.1. The normalized spacial score (nSPS) is 37.7. The Bertz CT molecular complexity index is 2020. The van der Waals surface area contributed by atoms with Crippen LogP contribution in [-0.2, 0) is 63.7 Å². The van der Waals surface area contributed by atoms with Crippen molar-refractivity contribution in [2.75, 3.05) is 61.3 Å². The van der Waals surface area contributed by atoms with Gasteiger partial charge in [-0.3, -0.25) is 14.6 Å². The second kappa shape index (κ2) is 26.2. The first-order valence-corrected chi connectivity index (χ1v) is 24.7. The number of methoxy groups -OCH3 is 2. The van der Waals surface area contributed by atoms with Crippen LogP contribution in [0.5, 0.6) is 0 Å². The van der Waals surface area contributed by atoms with E-state index in [4.69, 9.17) is 47.5 Å². The lowest BCUT2D eigenvalue weighted by molar-refractivity contribution is -0.305. The lowest BCUT2D eigenvalue weighted by Crippen LogP contribution is -2.63. The number of oxime groups is 1. The van der Waals surface area contributed by atoms with E-state index < -0.39 is 97.3 Å². The molecule has 69 heavy (non-hydrogen) atoms. The van der Waals surface area contributed by atoms with Crippen molar-refractivity contribution in [1.82, 2.24) is 9.88 Å². The van der Waals surface area contributed by atoms with Gasteiger partial charge in [0, 0.05) is 49.7 Å². The Kier molecular flexibility index (Phi) is 20.8. The number of nitrogens with zero attached hydrogens (tertiary/aromatic N) is 3. The molecule has 0 aliphatic carbocycles.